The van der Waals surface area contributed by atoms with E-state index in [9.17, 15) is 4.39 Å². The average Bonchev–Trinajstić information content (AvgIpc) is 2.97. The Balaban J connectivity index is 2.05. The van der Waals surface area contributed by atoms with Crippen LogP contribution in [-0.2, 0) is 0 Å². The first-order chi connectivity index (χ1) is 10.2. The third kappa shape index (κ3) is 2.32. The highest BCUT2D eigenvalue weighted by Gasteiger charge is 2.13. The van der Waals surface area contributed by atoms with E-state index in [1.165, 1.54) is 18.3 Å². The smallest absolute Gasteiger partial charge is 0.235 e. The number of nitrogens with zero attached hydrogens (tertiary/aromatic N) is 4. The first kappa shape index (κ1) is 12.8. The highest BCUT2D eigenvalue weighted by Crippen LogP contribution is 2.29. The molecule has 0 atom stereocenters. The maximum absolute atomic E-state index is 13.9. The SMILES string of the molecule is CNc1nc(Oc2ccc(C#N)cc2F)c2cn[nH]c2n1. The van der Waals surface area contributed by atoms with Gasteiger partial charge in [0, 0.05) is 7.05 Å². The molecule has 0 aliphatic rings. The lowest BCUT2D eigenvalue weighted by atomic mass is 10.2. The molecule has 3 rings (SSSR count). The molecule has 7 nitrogen and oxygen atoms in total. The molecule has 21 heavy (non-hydrogen) atoms. The summed E-state index contributed by atoms with van der Waals surface area (Å²) in [7, 11) is 1.66. The lowest BCUT2D eigenvalue weighted by Crippen LogP contribution is -1.99. The summed E-state index contributed by atoms with van der Waals surface area (Å²) in [6.07, 6.45) is 1.49. The van der Waals surface area contributed by atoms with Gasteiger partial charge in [0.25, 0.3) is 0 Å². The summed E-state index contributed by atoms with van der Waals surface area (Å²) >= 11 is 0. The third-order valence-corrected chi connectivity index (χ3v) is 2.77. The lowest BCUT2D eigenvalue weighted by Gasteiger charge is -2.08. The number of benzene rings is 1. The standard InChI is InChI=1S/C13H9FN6O/c1-16-13-18-11-8(6-17-20-11)12(19-13)21-10-3-2-7(5-15)4-9(10)14/h2-4,6H,1H3,(H2,16,17,18,19,20). The number of aromatic amines is 1. The number of halogens is 1. The molecule has 2 heterocycles. The molecule has 0 fully saturated rings. The number of hydrogen-bond acceptors (Lipinski definition) is 6. The zero-order valence-electron chi connectivity index (χ0n) is 10.9. The minimum absolute atomic E-state index is 0.0303. The van der Waals surface area contributed by atoms with Gasteiger partial charge in [-0.25, -0.2) is 4.39 Å². The molecule has 0 aliphatic carbocycles. The molecule has 0 unspecified atom stereocenters. The molecule has 2 aromatic heterocycles. The largest absolute Gasteiger partial charge is 0.435 e. The number of nitrogens with one attached hydrogen (secondary N) is 2. The van der Waals surface area contributed by atoms with Crippen LogP contribution in [-0.4, -0.2) is 27.2 Å². The quantitative estimate of drug-likeness (QED) is 0.764. The van der Waals surface area contributed by atoms with Crippen molar-refractivity contribution in [3.8, 4) is 17.7 Å². The molecular weight excluding hydrogens is 275 g/mol. The fourth-order valence-corrected chi connectivity index (χ4v) is 1.76. The van der Waals surface area contributed by atoms with Gasteiger partial charge in [0.2, 0.25) is 11.8 Å². The van der Waals surface area contributed by atoms with Crippen molar-refractivity contribution in [2.75, 3.05) is 12.4 Å². The molecule has 2 N–H and O–H groups in total. The van der Waals surface area contributed by atoms with Gasteiger partial charge in [-0.3, -0.25) is 5.10 Å². The first-order valence-electron chi connectivity index (χ1n) is 5.97. The van der Waals surface area contributed by atoms with Gasteiger partial charge in [-0.2, -0.15) is 20.3 Å². The van der Waals surface area contributed by atoms with Crippen LogP contribution in [0.4, 0.5) is 10.3 Å². The Kier molecular flexibility index (Phi) is 3.08. The summed E-state index contributed by atoms with van der Waals surface area (Å²) in [6.45, 7) is 0. The number of ether oxygens (including phenoxy) is 1. The van der Waals surface area contributed by atoms with Crippen LogP contribution in [0.25, 0.3) is 11.0 Å². The van der Waals surface area contributed by atoms with Gasteiger partial charge >= 0.3 is 0 Å². The summed E-state index contributed by atoms with van der Waals surface area (Å²) < 4.78 is 19.4. The Morgan fingerprint density at radius 2 is 2.24 bits per heavy atom. The van der Waals surface area contributed by atoms with Crippen LogP contribution in [0.5, 0.6) is 11.6 Å². The van der Waals surface area contributed by atoms with Gasteiger partial charge in [-0.1, -0.05) is 0 Å². The van der Waals surface area contributed by atoms with E-state index in [1.54, 1.807) is 7.05 Å². The van der Waals surface area contributed by atoms with E-state index in [1.807, 2.05) is 6.07 Å². The number of hydrogen-bond donors (Lipinski definition) is 2. The Morgan fingerprint density at radius 1 is 1.38 bits per heavy atom. The van der Waals surface area contributed by atoms with Crippen LogP contribution in [0, 0.1) is 17.1 Å². The van der Waals surface area contributed by atoms with E-state index in [2.05, 4.69) is 25.5 Å². The zero-order chi connectivity index (χ0) is 14.8. The molecule has 1 aromatic carbocycles. The van der Waals surface area contributed by atoms with Crippen molar-refractivity contribution in [1.82, 2.24) is 20.2 Å². The van der Waals surface area contributed by atoms with Gasteiger partial charge in [0.05, 0.1) is 17.8 Å². The van der Waals surface area contributed by atoms with E-state index < -0.39 is 5.82 Å². The van der Waals surface area contributed by atoms with Crippen molar-refractivity contribution in [1.29, 1.82) is 5.26 Å². The number of anilines is 1. The van der Waals surface area contributed by atoms with Crippen molar-refractivity contribution in [2.45, 2.75) is 0 Å². The van der Waals surface area contributed by atoms with Gasteiger partial charge < -0.3 is 10.1 Å². The molecule has 3 aromatic rings. The summed E-state index contributed by atoms with van der Waals surface area (Å²) in [4.78, 5) is 8.28. The second-order valence-electron chi connectivity index (χ2n) is 4.09. The third-order valence-electron chi connectivity index (χ3n) is 2.77. The van der Waals surface area contributed by atoms with Crippen molar-refractivity contribution >= 4 is 17.0 Å². The van der Waals surface area contributed by atoms with Crippen molar-refractivity contribution < 1.29 is 9.13 Å². The van der Waals surface area contributed by atoms with E-state index in [0.717, 1.165) is 6.07 Å². The Labute approximate surface area is 118 Å². The normalized spacial score (nSPS) is 10.3. The summed E-state index contributed by atoms with van der Waals surface area (Å²) in [5.74, 6) is -0.190. The molecule has 0 amide bonds. The van der Waals surface area contributed by atoms with Crippen molar-refractivity contribution in [3.05, 3.63) is 35.8 Å². The molecule has 0 saturated carbocycles. The van der Waals surface area contributed by atoms with E-state index >= 15 is 0 Å². The van der Waals surface area contributed by atoms with E-state index in [-0.39, 0.29) is 17.2 Å². The van der Waals surface area contributed by atoms with Crippen molar-refractivity contribution in [3.63, 3.8) is 0 Å². The van der Waals surface area contributed by atoms with Crippen LogP contribution in [0.15, 0.2) is 24.4 Å². The number of nitriles is 1. The minimum Gasteiger partial charge on any atom is -0.435 e. The molecule has 0 spiro atoms. The first-order valence-corrected chi connectivity index (χ1v) is 5.97. The van der Waals surface area contributed by atoms with Gasteiger partial charge in [-0.05, 0) is 18.2 Å². The summed E-state index contributed by atoms with van der Waals surface area (Å²) in [5.41, 5.74) is 0.685. The van der Waals surface area contributed by atoms with Gasteiger partial charge in [0.15, 0.2) is 17.2 Å². The highest BCUT2D eigenvalue weighted by atomic mass is 19.1. The van der Waals surface area contributed by atoms with E-state index in [4.69, 9.17) is 10.00 Å². The maximum atomic E-state index is 13.9. The zero-order valence-corrected chi connectivity index (χ0v) is 10.9. The molecule has 0 radical (unpaired) electrons. The molecular formula is C13H9FN6O. The lowest BCUT2D eigenvalue weighted by molar-refractivity contribution is 0.432. The fraction of sp³-hybridized carbons (Fsp3) is 0.0769. The number of aromatic nitrogens is 4. The molecule has 8 heteroatoms. The topological polar surface area (TPSA) is 99.5 Å². The number of rotatable bonds is 3. The minimum atomic E-state index is -0.643. The molecule has 0 bridgehead atoms. The monoisotopic (exact) mass is 284 g/mol. The van der Waals surface area contributed by atoms with Crippen LogP contribution in [0.3, 0.4) is 0 Å². The molecule has 0 saturated heterocycles. The van der Waals surface area contributed by atoms with Gasteiger partial charge in [0.1, 0.15) is 5.39 Å². The Bertz CT molecular complexity index is 853. The maximum Gasteiger partial charge on any atom is 0.235 e. The van der Waals surface area contributed by atoms with Crippen LogP contribution >= 0.6 is 0 Å². The Hall–Kier alpha value is -3.21. The van der Waals surface area contributed by atoms with E-state index in [0.29, 0.717) is 17.0 Å². The van der Waals surface area contributed by atoms with Crippen LogP contribution in [0.1, 0.15) is 5.56 Å². The second-order valence-corrected chi connectivity index (χ2v) is 4.09. The number of fused-ring (bicyclic) bond motifs is 1. The second kappa shape index (κ2) is 5.05. The average molecular weight is 284 g/mol. The highest BCUT2D eigenvalue weighted by molar-refractivity contribution is 5.80. The van der Waals surface area contributed by atoms with Gasteiger partial charge in [-0.15, -0.1) is 0 Å². The van der Waals surface area contributed by atoms with Crippen LogP contribution < -0.4 is 10.1 Å². The predicted molar refractivity (Wildman–Crippen MR) is 72.4 cm³/mol. The molecule has 104 valence electrons. The Morgan fingerprint density at radius 3 is 2.95 bits per heavy atom. The number of H-pyrrole nitrogens is 1. The summed E-state index contributed by atoms with van der Waals surface area (Å²) in [5, 5.41) is 18.6. The fourth-order valence-electron chi connectivity index (χ4n) is 1.76. The summed E-state index contributed by atoms with van der Waals surface area (Å²) in [6, 6.07) is 5.80. The van der Waals surface area contributed by atoms with Crippen LogP contribution in [0.2, 0.25) is 0 Å². The van der Waals surface area contributed by atoms with Crippen molar-refractivity contribution in [2.24, 2.45) is 0 Å². The molecule has 0 aliphatic heterocycles. The predicted octanol–water partition coefficient (Wildman–Crippen LogP) is 2.20.